The number of nitrogens with zero attached hydrogens (tertiary/aromatic N) is 4. The molecule has 1 aliphatic heterocycles. The molecule has 1 fully saturated rings. The summed E-state index contributed by atoms with van der Waals surface area (Å²) < 4.78 is 1.61. The molecule has 0 aliphatic carbocycles. The van der Waals surface area contributed by atoms with E-state index < -0.39 is 0 Å². The minimum Gasteiger partial charge on any atom is -0.352 e. The van der Waals surface area contributed by atoms with Crippen molar-refractivity contribution in [1.29, 1.82) is 0 Å². The van der Waals surface area contributed by atoms with E-state index in [2.05, 4.69) is 15.4 Å². The zero-order valence-corrected chi connectivity index (χ0v) is 16.8. The molecule has 3 heterocycles. The summed E-state index contributed by atoms with van der Waals surface area (Å²) in [6.07, 6.45) is 5.03. The van der Waals surface area contributed by atoms with Crippen LogP contribution in [0.15, 0.2) is 42.7 Å². The summed E-state index contributed by atoms with van der Waals surface area (Å²) in [6.45, 7) is 3.93. The molecule has 1 N–H and O–H groups in total. The fraction of sp³-hybridized carbons (Fsp3) is 0.364. The molecule has 3 aromatic rings. The first kappa shape index (κ1) is 19.1. The molecular weight excluding hydrogens is 366 g/mol. The summed E-state index contributed by atoms with van der Waals surface area (Å²) in [5, 5.41) is 7.91. The number of aromatic nitrogens is 3. The van der Waals surface area contributed by atoms with Crippen LogP contribution in [-0.2, 0) is 7.05 Å². The molecule has 7 nitrogen and oxygen atoms in total. The summed E-state index contributed by atoms with van der Waals surface area (Å²) >= 11 is 0. The Morgan fingerprint density at radius 1 is 1.21 bits per heavy atom. The number of rotatable bonds is 4. The summed E-state index contributed by atoms with van der Waals surface area (Å²) in [5.74, 6) is 0.329. The lowest BCUT2D eigenvalue weighted by Crippen LogP contribution is -2.41. The Hall–Kier alpha value is -3.22. The minimum atomic E-state index is -0.102. The van der Waals surface area contributed by atoms with E-state index in [-0.39, 0.29) is 11.8 Å². The Balaban J connectivity index is 1.36. The molecule has 1 aromatic carbocycles. The number of benzene rings is 1. The van der Waals surface area contributed by atoms with E-state index in [9.17, 15) is 9.59 Å². The first-order valence-corrected chi connectivity index (χ1v) is 9.94. The number of carbonyl (C=O) groups excluding carboxylic acids is 2. The van der Waals surface area contributed by atoms with E-state index >= 15 is 0 Å². The van der Waals surface area contributed by atoms with Crippen molar-refractivity contribution in [3.63, 3.8) is 0 Å². The molecule has 0 unspecified atom stereocenters. The molecule has 0 atom stereocenters. The van der Waals surface area contributed by atoms with Crippen LogP contribution in [0.3, 0.4) is 0 Å². The third-order valence-corrected chi connectivity index (χ3v) is 5.49. The van der Waals surface area contributed by atoms with Crippen molar-refractivity contribution in [2.45, 2.75) is 19.8 Å². The number of fused-ring (bicyclic) bond motifs is 1. The van der Waals surface area contributed by atoms with Gasteiger partial charge in [0, 0.05) is 44.0 Å². The summed E-state index contributed by atoms with van der Waals surface area (Å²) in [4.78, 5) is 31.8. The topological polar surface area (TPSA) is 80.1 Å². The predicted molar refractivity (Wildman–Crippen MR) is 111 cm³/mol. The van der Waals surface area contributed by atoms with Crippen molar-refractivity contribution >= 4 is 22.7 Å². The number of nitrogens with one attached hydrogen (secondary N) is 1. The van der Waals surface area contributed by atoms with E-state index in [0.29, 0.717) is 31.1 Å². The Labute approximate surface area is 169 Å². The summed E-state index contributed by atoms with van der Waals surface area (Å²) in [6, 6.07) is 9.65. The van der Waals surface area contributed by atoms with Crippen molar-refractivity contribution in [3.8, 4) is 0 Å². The molecule has 29 heavy (non-hydrogen) atoms. The maximum atomic E-state index is 13.1. The van der Waals surface area contributed by atoms with Gasteiger partial charge in [0.25, 0.3) is 11.8 Å². The zero-order valence-electron chi connectivity index (χ0n) is 16.8. The number of piperidine rings is 1. The molecule has 150 valence electrons. The highest BCUT2D eigenvalue weighted by atomic mass is 16.2. The Morgan fingerprint density at radius 3 is 2.69 bits per heavy atom. The van der Waals surface area contributed by atoms with E-state index in [1.807, 2.05) is 42.2 Å². The highest BCUT2D eigenvalue weighted by Gasteiger charge is 2.25. The van der Waals surface area contributed by atoms with E-state index in [1.165, 1.54) is 0 Å². The lowest BCUT2D eigenvalue weighted by atomic mass is 9.95. The number of hydrogen-bond acceptors (Lipinski definition) is 4. The van der Waals surface area contributed by atoms with Crippen molar-refractivity contribution in [2.24, 2.45) is 13.0 Å². The van der Waals surface area contributed by atoms with Gasteiger partial charge in [0.1, 0.15) is 0 Å². The highest BCUT2D eigenvalue weighted by molar-refractivity contribution is 6.06. The normalized spacial score (nSPS) is 14.9. The molecule has 1 aliphatic rings. The van der Waals surface area contributed by atoms with Gasteiger partial charge in [0.15, 0.2) is 0 Å². The molecule has 1 saturated heterocycles. The monoisotopic (exact) mass is 391 g/mol. The predicted octanol–water partition coefficient (Wildman–Crippen LogP) is 2.56. The van der Waals surface area contributed by atoms with Gasteiger partial charge < -0.3 is 10.2 Å². The van der Waals surface area contributed by atoms with Crippen LogP contribution < -0.4 is 5.32 Å². The number of amides is 2. The molecule has 2 amide bonds. The Morgan fingerprint density at radius 2 is 1.97 bits per heavy atom. The average molecular weight is 391 g/mol. The molecule has 4 rings (SSSR count). The van der Waals surface area contributed by atoms with E-state index in [1.54, 1.807) is 24.1 Å². The number of aryl methyl sites for hydroxylation is 2. The Bertz CT molecular complexity index is 1050. The molecular formula is C22H25N5O2. The average Bonchev–Trinajstić information content (AvgIpc) is 3.17. The number of carbonyl (C=O) groups is 2. The van der Waals surface area contributed by atoms with Gasteiger partial charge in [-0.05, 0) is 37.8 Å². The first-order chi connectivity index (χ1) is 14.0. The molecule has 0 bridgehead atoms. The zero-order chi connectivity index (χ0) is 20.4. The van der Waals surface area contributed by atoms with Gasteiger partial charge in [-0.1, -0.05) is 18.2 Å². The number of pyridine rings is 1. The van der Waals surface area contributed by atoms with Crippen LogP contribution in [-0.4, -0.2) is 51.1 Å². The van der Waals surface area contributed by atoms with Crippen LogP contribution in [0.25, 0.3) is 10.9 Å². The lowest BCUT2D eigenvalue weighted by Gasteiger charge is -2.32. The van der Waals surface area contributed by atoms with Gasteiger partial charge in [0.05, 0.1) is 22.8 Å². The number of likely N-dealkylation sites (tertiary alicyclic amines) is 1. The molecule has 2 aromatic heterocycles. The first-order valence-electron chi connectivity index (χ1n) is 9.94. The molecule has 7 heteroatoms. The summed E-state index contributed by atoms with van der Waals surface area (Å²) in [7, 11) is 1.79. The van der Waals surface area contributed by atoms with Gasteiger partial charge >= 0.3 is 0 Å². The van der Waals surface area contributed by atoms with E-state index in [4.69, 9.17) is 0 Å². The second kappa shape index (κ2) is 8.03. The van der Waals surface area contributed by atoms with Gasteiger partial charge in [-0.25, -0.2) is 0 Å². The van der Waals surface area contributed by atoms with Crippen molar-refractivity contribution in [2.75, 3.05) is 19.6 Å². The van der Waals surface area contributed by atoms with Crippen molar-refractivity contribution in [1.82, 2.24) is 25.0 Å². The third-order valence-electron chi connectivity index (χ3n) is 5.49. The quantitative estimate of drug-likeness (QED) is 0.741. The fourth-order valence-corrected chi connectivity index (χ4v) is 3.87. The van der Waals surface area contributed by atoms with Gasteiger partial charge in [-0.15, -0.1) is 0 Å². The largest absolute Gasteiger partial charge is 0.352 e. The van der Waals surface area contributed by atoms with Gasteiger partial charge in [-0.3, -0.25) is 19.3 Å². The second-order valence-electron chi connectivity index (χ2n) is 7.68. The van der Waals surface area contributed by atoms with Crippen LogP contribution in [0.4, 0.5) is 0 Å². The third kappa shape index (κ3) is 4.13. The lowest BCUT2D eigenvalue weighted by molar-refractivity contribution is 0.0686. The van der Waals surface area contributed by atoms with Crippen LogP contribution in [0.2, 0.25) is 0 Å². The standard InChI is InChI=1S/C22H25N5O2/c1-15-11-19(18-5-3-4-6-20(18)25-15)22(29)27-9-7-16(8-10-27)12-23-21(28)17-13-24-26(2)14-17/h3-6,11,13-14,16H,7-10,12H2,1-2H3,(H,23,28). The van der Waals surface area contributed by atoms with Gasteiger partial charge in [-0.2, -0.15) is 5.10 Å². The minimum absolute atomic E-state index is 0.0598. The van der Waals surface area contributed by atoms with E-state index in [0.717, 1.165) is 35.0 Å². The van der Waals surface area contributed by atoms with Crippen LogP contribution in [0, 0.1) is 12.8 Å². The van der Waals surface area contributed by atoms with Crippen LogP contribution in [0.5, 0.6) is 0 Å². The SMILES string of the molecule is Cc1cc(C(=O)N2CCC(CNC(=O)c3cnn(C)c3)CC2)c2ccccc2n1. The van der Waals surface area contributed by atoms with Crippen LogP contribution in [0.1, 0.15) is 39.3 Å². The van der Waals surface area contributed by atoms with Gasteiger partial charge in [0.2, 0.25) is 0 Å². The maximum Gasteiger partial charge on any atom is 0.254 e. The fourth-order valence-electron chi connectivity index (χ4n) is 3.87. The molecule has 0 saturated carbocycles. The molecule has 0 radical (unpaired) electrons. The smallest absolute Gasteiger partial charge is 0.254 e. The number of hydrogen-bond donors (Lipinski definition) is 1. The highest BCUT2D eigenvalue weighted by Crippen LogP contribution is 2.23. The maximum absolute atomic E-state index is 13.1. The second-order valence-corrected chi connectivity index (χ2v) is 7.68. The van der Waals surface area contributed by atoms with Crippen molar-refractivity contribution < 1.29 is 9.59 Å². The number of para-hydroxylation sites is 1. The molecule has 0 spiro atoms. The Kier molecular flexibility index (Phi) is 5.29. The summed E-state index contributed by atoms with van der Waals surface area (Å²) in [5.41, 5.74) is 2.99. The van der Waals surface area contributed by atoms with Crippen molar-refractivity contribution in [3.05, 3.63) is 59.5 Å². The van der Waals surface area contributed by atoms with Crippen LogP contribution >= 0.6 is 0 Å².